The number of carbonyl (C=O) groups is 1. The van der Waals surface area contributed by atoms with Gasteiger partial charge in [-0.25, -0.2) is 0 Å². The van der Waals surface area contributed by atoms with Crippen molar-refractivity contribution in [2.45, 2.75) is 58.2 Å². The van der Waals surface area contributed by atoms with E-state index in [9.17, 15) is 4.79 Å². The van der Waals surface area contributed by atoms with Crippen LogP contribution in [0.4, 0.5) is 0 Å². The maximum Gasteiger partial charge on any atom is 0.258 e. The summed E-state index contributed by atoms with van der Waals surface area (Å²) in [6.45, 7) is 13.9. The van der Waals surface area contributed by atoms with Gasteiger partial charge in [0.2, 0.25) is 0 Å². The molecule has 3 heteroatoms. The predicted molar refractivity (Wildman–Crippen MR) is 154 cm³/mol. The molecular weight excluding hydrogens is 444 g/mol. The Morgan fingerprint density at radius 3 is 1.40 bits per heavy atom. The van der Waals surface area contributed by atoms with Gasteiger partial charge in [0.25, 0.3) is 8.32 Å². The molecule has 0 saturated carbocycles. The van der Waals surface area contributed by atoms with Gasteiger partial charge in [-0.05, 0) is 57.1 Å². The van der Waals surface area contributed by atoms with E-state index in [0.717, 1.165) is 34.3 Å². The largest absolute Gasteiger partial charge is 0.543 e. The SMILES string of the molecule is CC(C)[Si](Oc1ccc(C=Cc2ccc(C=Cc3cccc(C=O)c3)cc2)cc1)(C(C)C)C(C)C. The van der Waals surface area contributed by atoms with Crippen molar-refractivity contribution in [1.29, 1.82) is 0 Å². The molecule has 0 radical (unpaired) electrons. The minimum Gasteiger partial charge on any atom is -0.543 e. The van der Waals surface area contributed by atoms with Crippen LogP contribution in [-0.2, 0) is 0 Å². The van der Waals surface area contributed by atoms with Gasteiger partial charge in [0, 0.05) is 5.56 Å². The molecule has 0 aliphatic carbocycles. The van der Waals surface area contributed by atoms with Gasteiger partial charge in [-0.15, -0.1) is 0 Å². The molecule has 3 aromatic carbocycles. The van der Waals surface area contributed by atoms with Crippen molar-refractivity contribution in [3.05, 3.63) is 101 Å². The zero-order chi connectivity index (χ0) is 25.4. The van der Waals surface area contributed by atoms with Gasteiger partial charge in [-0.1, -0.05) is 120 Å². The quantitative estimate of drug-likeness (QED) is 0.163. The summed E-state index contributed by atoms with van der Waals surface area (Å²) in [7, 11) is -1.93. The average molecular weight is 483 g/mol. The molecule has 0 bridgehead atoms. The Bertz CT molecular complexity index is 1130. The van der Waals surface area contributed by atoms with Crippen molar-refractivity contribution in [2.75, 3.05) is 0 Å². The van der Waals surface area contributed by atoms with E-state index in [-0.39, 0.29) is 0 Å². The van der Waals surface area contributed by atoms with Gasteiger partial charge in [-0.2, -0.15) is 0 Å². The van der Waals surface area contributed by atoms with E-state index in [2.05, 4.69) is 108 Å². The number of rotatable bonds is 10. The van der Waals surface area contributed by atoms with E-state index in [4.69, 9.17) is 4.43 Å². The predicted octanol–water partition coefficient (Wildman–Crippen LogP) is 9.39. The van der Waals surface area contributed by atoms with E-state index in [1.807, 2.05) is 30.3 Å². The molecule has 3 rings (SSSR count). The van der Waals surface area contributed by atoms with Crippen molar-refractivity contribution >= 4 is 38.9 Å². The molecule has 0 heterocycles. The van der Waals surface area contributed by atoms with Crippen LogP contribution < -0.4 is 4.43 Å². The first kappa shape index (κ1) is 26.4. The van der Waals surface area contributed by atoms with Crippen LogP contribution in [0, 0.1) is 0 Å². The van der Waals surface area contributed by atoms with Crippen LogP contribution in [0.25, 0.3) is 24.3 Å². The van der Waals surface area contributed by atoms with Gasteiger partial charge in [0.05, 0.1) is 0 Å². The summed E-state index contributed by atoms with van der Waals surface area (Å²) < 4.78 is 6.78. The fourth-order valence-electron chi connectivity index (χ4n) is 5.04. The van der Waals surface area contributed by atoms with Crippen molar-refractivity contribution in [3.8, 4) is 5.75 Å². The molecule has 35 heavy (non-hydrogen) atoms. The molecule has 0 aliphatic heterocycles. The minimum absolute atomic E-state index is 0.557. The molecule has 0 N–H and O–H groups in total. The highest BCUT2D eigenvalue weighted by atomic mass is 28.4. The van der Waals surface area contributed by atoms with E-state index >= 15 is 0 Å². The van der Waals surface area contributed by atoms with Crippen molar-refractivity contribution in [2.24, 2.45) is 0 Å². The van der Waals surface area contributed by atoms with Gasteiger partial charge in [0.1, 0.15) is 12.0 Å². The summed E-state index contributed by atoms with van der Waals surface area (Å²) in [6, 6.07) is 24.5. The highest BCUT2D eigenvalue weighted by Gasteiger charge is 2.46. The number of hydrogen-bond donors (Lipinski definition) is 0. The average Bonchev–Trinajstić information content (AvgIpc) is 2.85. The summed E-state index contributed by atoms with van der Waals surface area (Å²) in [6.07, 6.45) is 9.22. The highest BCUT2D eigenvalue weighted by Crippen LogP contribution is 2.42. The molecular formula is C32H38O2Si. The smallest absolute Gasteiger partial charge is 0.258 e. The van der Waals surface area contributed by atoms with Crippen LogP contribution >= 0.6 is 0 Å². The molecule has 0 amide bonds. The Hall–Kier alpha value is -3.17. The summed E-state index contributed by atoms with van der Waals surface area (Å²) in [5, 5.41) is 0. The standard InChI is InChI=1S/C32H38O2Si/c1-24(2)35(25(3)4,26(5)6)34-32-20-18-29(19-21-32)15-14-27-10-12-28(13-11-27)16-17-30-8-7-9-31(22-30)23-33/h7-26H,1-6H3. The second kappa shape index (κ2) is 12.0. The van der Waals surface area contributed by atoms with Crippen LogP contribution in [-0.4, -0.2) is 14.6 Å². The Morgan fingerprint density at radius 1 is 0.571 bits per heavy atom. The molecule has 0 aliphatic rings. The second-order valence-electron chi connectivity index (χ2n) is 10.1. The maximum atomic E-state index is 10.9. The molecule has 182 valence electrons. The molecule has 0 saturated heterocycles. The third-order valence-electron chi connectivity index (χ3n) is 6.80. The molecule has 0 fully saturated rings. The van der Waals surface area contributed by atoms with E-state index in [1.54, 1.807) is 0 Å². The molecule has 0 unspecified atom stereocenters. The Kier molecular flexibility index (Phi) is 9.05. The first-order valence-corrected chi connectivity index (χ1v) is 14.7. The van der Waals surface area contributed by atoms with Crippen LogP contribution in [0.3, 0.4) is 0 Å². The lowest BCUT2D eigenvalue weighted by molar-refractivity contribution is 0.112. The van der Waals surface area contributed by atoms with Crippen LogP contribution in [0.2, 0.25) is 16.6 Å². The lowest BCUT2D eigenvalue weighted by Crippen LogP contribution is -2.50. The number of carbonyl (C=O) groups excluding carboxylic acids is 1. The number of hydrogen-bond acceptors (Lipinski definition) is 2. The summed E-state index contributed by atoms with van der Waals surface area (Å²) in [5.41, 5.74) is 6.80. The third-order valence-corrected chi connectivity index (χ3v) is 12.8. The van der Waals surface area contributed by atoms with Gasteiger partial charge < -0.3 is 4.43 Å². The zero-order valence-corrected chi connectivity index (χ0v) is 22.9. The monoisotopic (exact) mass is 482 g/mol. The van der Waals surface area contributed by atoms with Gasteiger partial charge in [-0.3, -0.25) is 4.79 Å². The Labute approximate surface area is 212 Å². The van der Waals surface area contributed by atoms with Crippen LogP contribution in [0.5, 0.6) is 5.75 Å². The van der Waals surface area contributed by atoms with E-state index < -0.39 is 8.32 Å². The highest BCUT2D eigenvalue weighted by molar-refractivity contribution is 6.78. The van der Waals surface area contributed by atoms with Gasteiger partial charge in [0.15, 0.2) is 0 Å². The van der Waals surface area contributed by atoms with Gasteiger partial charge >= 0.3 is 0 Å². The fraction of sp³-hybridized carbons (Fsp3) is 0.281. The number of benzene rings is 3. The van der Waals surface area contributed by atoms with Crippen LogP contribution in [0.1, 0.15) is 74.2 Å². The zero-order valence-electron chi connectivity index (χ0n) is 21.9. The topological polar surface area (TPSA) is 26.3 Å². The first-order valence-electron chi connectivity index (χ1n) is 12.5. The Balaban J connectivity index is 1.66. The van der Waals surface area contributed by atoms with E-state index in [0.29, 0.717) is 22.2 Å². The molecule has 2 nitrogen and oxygen atoms in total. The molecule has 0 spiro atoms. The lowest BCUT2D eigenvalue weighted by Gasteiger charge is -2.42. The van der Waals surface area contributed by atoms with Crippen molar-refractivity contribution in [1.82, 2.24) is 0 Å². The minimum atomic E-state index is -1.93. The second-order valence-corrected chi connectivity index (χ2v) is 15.5. The van der Waals surface area contributed by atoms with Crippen LogP contribution in [0.15, 0.2) is 72.8 Å². The summed E-state index contributed by atoms with van der Waals surface area (Å²) in [5.74, 6) is 0.986. The summed E-state index contributed by atoms with van der Waals surface area (Å²) in [4.78, 5) is 10.9. The number of aldehydes is 1. The van der Waals surface area contributed by atoms with Crippen molar-refractivity contribution < 1.29 is 9.22 Å². The Morgan fingerprint density at radius 2 is 0.971 bits per heavy atom. The first-order chi connectivity index (χ1) is 16.7. The maximum absolute atomic E-state index is 10.9. The van der Waals surface area contributed by atoms with Crippen molar-refractivity contribution in [3.63, 3.8) is 0 Å². The normalized spacial score (nSPS) is 12.4. The molecule has 0 aromatic heterocycles. The molecule has 3 aromatic rings. The summed E-state index contributed by atoms with van der Waals surface area (Å²) >= 11 is 0. The third kappa shape index (κ3) is 6.70. The van der Waals surface area contributed by atoms with E-state index in [1.165, 1.54) is 0 Å². The fourth-order valence-corrected chi connectivity index (χ4v) is 10.3. The lowest BCUT2D eigenvalue weighted by atomic mass is 10.1. The molecule has 0 atom stereocenters.